The number of rotatable bonds is 3. The lowest BCUT2D eigenvalue weighted by atomic mass is 10.4. The van der Waals surface area contributed by atoms with Crippen LogP contribution in [0.1, 0.15) is 13.3 Å². The van der Waals surface area contributed by atoms with Gasteiger partial charge in [0.05, 0.1) is 11.0 Å². The Morgan fingerprint density at radius 2 is 2.42 bits per heavy atom. The van der Waals surface area contributed by atoms with E-state index in [1.807, 2.05) is 6.92 Å². The fourth-order valence-electron chi connectivity index (χ4n) is 1.12. The van der Waals surface area contributed by atoms with Crippen LogP contribution in [0.25, 0.3) is 0 Å². The molecule has 0 atom stereocenters. The van der Waals surface area contributed by atoms with Crippen molar-refractivity contribution in [1.82, 2.24) is 4.90 Å². The molecule has 0 saturated heterocycles. The minimum Gasteiger partial charge on any atom is -0.328 e. The summed E-state index contributed by atoms with van der Waals surface area (Å²) < 4.78 is 0. The van der Waals surface area contributed by atoms with Crippen molar-refractivity contribution in [2.75, 3.05) is 13.1 Å². The van der Waals surface area contributed by atoms with Gasteiger partial charge >= 0.3 is 0 Å². The first kappa shape index (κ1) is 8.70. The lowest BCUT2D eigenvalue weighted by molar-refractivity contribution is -0.426. The summed E-state index contributed by atoms with van der Waals surface area (Å²) in [7, 11) is 0. The molecule has 5 nitrogen and oxygen atoms in total. The van der Waals surface area contributed by atoms with Crippen molar-refractivity contribution in [3.63, 3.8) is 0 Å². The molecule has 0 saturated carbocycles. The summed E-state index contributed by atoms with van der Waals surface area (Å²) in [5.41, 5.74) is -0.00606. The molecule has 0 aromatic heterocycles. The van der Waals surface area contributed by atoms with Crippen LogP contribution in [0.2, 0.25) is 0 Å². The highest BCUT2D eigenvalue weighted by Gasteiger charge is 2.27. The van der Waals surface area contributed by atoms with Crippen molar-refractivity contribution in [1.29, 1.82) is 0 Å². The molecule has 1 amide bonds. The number of nitrogens with zero attached hydrogens (tertiary/aromatic N) is 2. The van der Waals surface area contributed by atoms with Crippen LogP contribution < -0.4 is 0 Å². The molecule has 1 rings (SSSR count). The van der Waals surface area contributed by atoms with Gasteiger partial charge in [0.1, 0.15) is 6.54 Å². The standard InChI is InChI=1S/C7H10N2O3/c1-2-3-8-5-6(9(11)12)4-7(8)10/h4H,2-3,5H2,1H3. The quantitative estimate of drug-likeness (QED) is 0.455. The number of nitro groups is 1. The van der Waals surface area contributed by atoms with E-state index in [0.717, 1.165) is 12.5 Å². The van der Waals surface area contributed by atoms with Crippen molar-refractivity contribution in [3.05, 3.63) is 21.9 Å². The smallest absolute Gasteiger partial charge is 0.270 e. The van der Waals surface area contributed by atoms with Crippen molar-refractivity contribution in [2.24, 2.45) is 0 Å². The summed E-state index contributed by atoms with van der Waals surface area (Å²) >= 11 is 0. The Morgan fingerprint density at radius 3 is 2.83 bits per heavy atom. The second-order valence-corrected chi connectivity index (χ2v) is 2.65. The number of amides is 1. The highest BCUT2D eigenvalue weighted by molar-refractivity contribution is 5.90. The number of hydrogen-bond donors (Lipinski definition) is 0. The largest absolute Gasteiger partial charge is 0.328 e. The van der Waals surface area contributed by atoms with Crippen molar-refractivity contribution in [2.45, 2.75) is 13.3 Å². The first-order valence-electron chi connectivity index (χ1n) is 3.79. The zero-order valence-electron chi connectivity index (χ0n) is 6.82. The highest BCUT2D eigenvalue weighted by Crippen LogP contribution is 2.10. The molecular weight excluding hydrogens is 160 g/mol. The van der Waals surface area contributed by atoms with Crippen LogP contribution >= 0.6 is 0 Å². The van der Waals surface area contributed by atoms with Crippen molar-refractivity contribution < 1.29 is 9.72 Å². The minimum absolute atomic E-state index is 0.00606. The first-order valence-corrected chi connectivity index (χ1v) is 3.79. The predicted molar refractivity (Wildman–Crippen MR) is 41.9 cm³/mol. The molecule has 0 N–H and O–H groups in total. The molecule has 0 aliphatic carbocycles. The fraction of sp³-hybridized carbons (Fsp3) is 0.571. The average molecular weight is 170 g/mol. The SMILES string of the molecule is CCCN1CC([N+](=O)[O-])=CC1=O. The lowest BCUT2D eigenvalue weighted by Crippen LogP contribution is -2.27. The van der Waals surface area contributed by atoms with Crippen LogP contribution in [0.4, 0.5) is 0 Å². The van der Waals surface area contributed by atoms with Gasteiger partial charge in [-0.1, -0.05) is 6.92 Å². The Kier molecular flexibility index (Phi) is 2.42. The Labute approximate surface area is 69.8 Å². The fourth-order valence-corrected chi connectivity index (χ4v) is 1.12. The summed E-state index contributed by atoms with van der Waals surface area (Å²) in [6, 6.07) is 0. The predicted octanol–water partition coefficient (Wildman–Crippen LogP) is 0.399. The molecule has 0 aromatic carbocycles. The van der Waals surface area contributed by atoms with E-state index in [9.17, 15) is 14.9 Å². The zero-order valence-corrected chi connectivity index (χ0v) is 6.82. The number of hydrogen-bond acceptors (Lipinski definition) is 3. The van der Waals surface area contributed by atoms with E-state index in [4.69, 9.17) is 0 Å². The van der Waals surface area contributed by atoms with E-state index in [1.165, 1.54) is 4.90 Å². The summed E-state index contributed by atoms with van der Waals surface area (Å²) in [6.07, 6.45) is 1.92. The van der Waals surface area contributed by atoms with Gasteiger partial charge in [-0.05, 0) is 6.42 Å². The molecular formula is C7H10N2O3. The molecule has 1 heterocycles. The maximum atomic E-state index is 11.0. The zero-order chi connectivity index (χ0) is 9.14. The van der Waals surface area contributed by atoms with Gasteiger partial charge in [-0.15, -0.1) is 0 Å². The Balaban J connectivity index is 2.61. The van der Waals surface area contributed by atoms with Gasteiger partial charge < -0.3 is 4.90 Å². The normalized spacial score (nSPS) is 16.6. The van der Waals surface area contributed by atoms with Crippen molar-refractivity contribution in [3.8, 4) is 0 Å². The maximum Gasteiger partial charge on any atom is 0.270 e. The van der Waals surface area contributed by atoms with E-state index in [1.54, 1.807) is 0 Å². The van der Waals surface area contributed by atoms with Gasteiger partial charge in [0.2, 0.25) is 0 Å². The van der Waals surface area contributed by atoms with Crippen LogP contribution in [0.3, 0.4) is 0 Å². The first-order chi connectivity index (χ1) is 5.65. The Morgan fingerprint density at radius 1 is 1.75 bits per heavy atom. The monoisotopic (exact) mass is 170 g/mol. The van der Waals surface area contributed by atoms with Gasteiger partial charge in [-0.25, -0.2) is 0 Å². The third-order valence-corrected chi connectivity index (χ3v) is 1.68. The van der Waals surface area contributed by atoms with Crippen LogP contribution in [-0.4, -0.2) is 28.8 Å². The summed E-state index contributed by atoms with van der Waals surface area (Å²) in [4.78, 5) is 22.2. The Bertz CT molecular complexity index is 247. The molecule has 12 heavy (non-hydrogen) atoms. The Hall–Kier alpha value is -1.39. The third-order valence-electron chi connectivity index (χ3n) is 1.68. The van der Waals surface area contributed by atoms with Crippen LogP contribution in [0.15, 0.2) is 11.8 Å². The van der Waals surface area contributed by atoms with E-state index in [2.05, 4.69) is 0 Å². The van der Waals surface area contributed by atoms with E-state index >= 15 is 0 Å². The van der Waals surface area contributed by atoms with Gasteiger partial charge in [-0.2, -0.15) is 0 Å². The molecule has 0 spiro atoms. The number of carbonyl (C=O) groups is 1. The molecule has 1 aliphatic heterocycles. The highest BCUT2D eigenvalue weighted by atomic mass is 16.6. The molecule has 5 heteroatoms. The average Bonchev–Trinajstić information content (AvgIpc) is 2.34. The summed E-state index contributed by atoms with van der Waals surface area (Å²) in [6.45, 7) is 2.67. The van der Waals surface area contributed by atoms with Gasteiger partial charge in [-0.3, -0.25) is 14.9 Å². The molecule has 0 unspecified atom stereocenters. The van der Waals surface area contributed by atoms with Crippen LogP contribution in [0.5, 0.6) is 0 Å². The lowest BCUT2D eigenvalue weighted by Gasteiger charge is -2.12. The molecule has 0 aromatic rings. The minimum atomic E-state index is -0.506. The van der Waals surface area contributed by atoms with E-state index in [-0.39, 0.29) is 18.1 Å². The van der Waals surface area contributed by atoms with Gasteiger partial charge in [0, 0.05) is 6.54 Å². The topological polar surface area (TPSA) is 63.4 Å². The second-order valence-electron chi connectivity index (χ2n) is 2.65. The number of carbonyl (C=O) groups excluding carboxylic acids is 1. The summed E-state index contributed by atoms with van der Waals surface area (Å²) in [5, 5.41) is 10.3. The third kappa shape index (κ3) is 1.61. The van der Waals surface area contributed by atoms with Crippen LogP contribution in [0, 0.1) is 10.1 Å². The van der Waals surface area contributed by atoms with Crippen LogP contribution in [-0.2, 0) is 4.79 Å². The van der Waals surface area contributed by atoms with Crippen molar-refractivity contribution >= 4 is 5.91 Å². The maximum absolute atomic E-state index is 11.0. The van der Waals surface area contributed by atoms with E-state index < -0.39 is 4.92 Å². The van der Waals surface area contributed by atoms with E-state index in [0.29, 0.717) is 6.54 Å². The summed E-state index contributed by atoms with van der Waals surface area (Å²) in [5.74, 6) is -0.247. The second kappa shape index (κ2) is 3.34. The van der Waals surface area contributed by atoms with Gasteiger partial charge in [0.25, 0.3) is 11.6 Å². The van der Waals surface area contributed by atoms with Gasteiger partial charge in [0.15, 0.2) is 0 Å². The molecule has 1 aliphatic rings. The molecule has 0 radical (unpaired) electrons. The molecule has 0 bridgehead atoms. The molecule has 0 fully saturated rings. The molecule has 66 valence electrons.